The average molecular weight is 260 g/mol. The maximum absolute atomic E-state index is 4.50. The van der Waals surface area contributed by atoms with Crippen LogP contribution in [0.4, 0.5) is 0 Å². The fourth-order valence-corrected chi connectivity index (χ4v) is 1.53. The molecule has 1 aromatic carbocycles. The third kappa shape index (κ3) is 1.83. The summed E-state index contributed by atoms with van der Waals surface area (Å²) in [7, 11) is 0. The SMILES string of the molecule is [Cu].c1ccc2nc(-c3cn[nH]n3)ccc2c1. The smallest absolute Gasteiger partial charge is 0.131 e. The molecule has 0 amide bonds. The van der Waals surface area contributed by atoms with Crippen molar-refractivity contribution in [2.24, 2.45) is 0 Å². The van der Waals surface area contributed by atoms with Crippen LogP contribution in [0.1, 0.15) is 0 Å². The summed E-state index contributed by atoms with van der Waals surface area (Å²) in [5.74, 6) is 0. The van der Waals surface area contributed by atoms with E-state index in [1.54, 1.807) is 6.20 Å². The van der Waals surface area contributed by atoms with E-state index in [0.29, 0.717) is 0 Å². The number of pyridine rings is 1. The number of hydrogen-bond acceptors (Lipinski definition) is 3. The molecule has 3 aromatic rings. The molecule has 83 valence electrons. The molecule has 0 aliphatic carbocycles. The third-order valence-electron chi connectivity index (χ3n) is 2.28. The van der Waals surface area contributed by atoms with Crippen LogP contribution < -0.4 is 0 Å². The Morgan fingerprint density at radius 3 is 2.62 bits per heavy atom. The number of aromatic amines is 1. The Morgan fingerprint density at radius 2 is 1.81 bits per heavy atom. The number of para-hydroxylation sites is 1. The van der Waals surface area contributed by atoms with Crippen molar-refractivity contribution < 1.29 is 17.1 Å². The molecule has 0 atom stereocenters. The second-order valence-corrected chi connectivity index (χ2v) is 3.24. The molecule has 0 aliphatic heterocycles. The van der Waals surface area contributed by atoms with Gasteiger partial charge in [-0.15, -0.1) is 0 Å². The summed E-state index contributed by atoms with van der Waals surface area (Å²) in [5, 5.41) is 11.5. The average Bonchev–Trinajstić information content (AvgIpc) is 2.82. The standard InChI is InChI=1S/C11H8N4.Cu/c1-2-4-9-8(3-1)5-6-10(13-9)11-7-12-15-14-11;/h1-7H,(H,12,14,15);. The first kappa shape index (κ1) is 10.8. The molecule has 5 heteroatoms. The van der Waals surface area contributed by atoms with E-state index in [9.17, 15) is 0 Å². The van der Waals surface area contributed by atoms with E-state index in [1.807, 2.05) is 36.4 Å². The number of fused-ring (bicyclic) bond motifs is 1. The van der Waals surface area contributed by atoms with Crippen molar-refractivity contribution in [3.63, 3.8) is 0 Å². The van der Waals surface area contributed by atoms with Crippen LogP contribution in [0.5, 0.6) is 0 Å². The van der Waals surface area contributed by atoms with Gasteiger partial charge < -0.3 is 0 Å². The van der Waals surface area contributed by atoms with Crippen LogP contribution in [0.25, 0.3) is 22.3 Å². The minimum absolute atomic E-state index is 0. The molecular formula is C11H8CuN4. The maximum Gasteiger partial charge on any atom is 0.131 e. The minimum Gasteiger partial charge on any atom is -0.246 e. The first-order valence-electron chi connectivity index (χ1n) is 4.65. The summed E-state index contributed by atoms with van der Waals surface area (Å²) < 4.78 is 0. The Kier molecular flexibility index (Phi) is 2.99. The Balaban J connectivity index is 0.000000963. The fourth-order valence-electron chi connectivity index (χ4n) is 1.53. The molecule has 0 saturated heterocycles. The molecule has 16 heavy (non-hydrogen) atoms. The van der Waals surface area contributed by atoms with Gasteiger partial charge in [-0.25, -0.2) is 4.98 Å². The second kappa shape index (κ2) is 4.43. The Bertz CT molecular complexity index is 592. The van der Waals surface area contributed by atoms with E-state index in [-0.39, 0.29) is 17.1 Å². The van der Waals surface area contributed by atoms with Crippen LogP contribution in [0, 0.1) is 0 Å². The van der Waals surface area contributed by atoms with Crippen LogP contribution in [0.15, 0.2) is 42.6 Å². The minimum atomic E-state index is 0. The van der Waals surface area contributed by atoms with Gasteiger partial charge in [-0.2, -0.15) is 15.4 Å². The largest absolute Gasteiger partial charge is 0.246 e. The van der Waals surface area contributed by atoms with E-state index in [1.165, 1.54) is 0 Å². The number of benzene rings is 1. The van der Waals surface area contributed by atoms with Gasteiger partial charge in [0.25, 0.3) is 0 Å². The normalized spacial score (nSPS) is 10.0. The van der Waals surface area contributed by atoms with Crippen LogP contribution in [0.2, 0.25) is 0 Å². The molecule has 1 N–H and O–H groups in total. The van der Waals surface area contributed by atoms with Gasteiger partial charge in [0.2, 0.25) is 0 Å². The molecule has 0 bridgehead atoms. The molecule has 0 saturated carbocycles. The fraction of sp³-hybridized carbons (Fsp3) is 0. The number of H-pyrrole nitrogens is 1. The van der Waals surface area contributed by atoms with Gasteiger partial charge in [-0.1, -0.05) is 24.3 Å². The Hall–Kier alpha value is -1.71. The number of nitrogens with zero attached hydrogens (tertiary/aromatic N) is 3. The molecule has 0 aliphatic rings. The van der Waals surface area contributed by atoms with Crippen molar-refractivity contribution in [1.29, 1.82) is 0 Å². The Morgan fingerprint density at radius 1 is 0.938 bits per heavy atom. The molecule has 0 unspecified atom stereocenters. The van der Waals surface area contributed by atoms with E-state index < -0.39 is 0 Å². The van der Waals surface area contributed by atoms with Crippen molar-refractivity contribution >= 4 is 10.9 Å². The van der Waals surface area contributed by atoms with Gasteiger partial charge in [0.1, 0.15) is 5.69 Å². The quantitative estimate of drug-likeness (QED) is 0.681. The Labute approximate surface area is 103 Å². The summed E-state index contributed by atoms with van der Waals surface area (Å²) in [5.41, 5.74) is 2.57. The van der Waals surface area contributed by atoms with Crippen LogP contribution in [-0.2, 0) is 17.1 Å². The summed E-state index contributed by atoms with van der Waals surface area (Å²) in [4.78, 5) is 4.50. The molecule has 1 radical (unpaired) electrons. The van der Waals surface area contributed by atoms with Gasteiger partial charge in [0, 0.05) is 22.5 Å². The zero-order valence-corrected chi connectivity index (χ0v) is 9.13. The van der Waals surface area contributed by atoms with E-state index in [2.05, 4.69) is 20.4 Å². The second-order valence-electron chi connectivity index (χ2n) is 3.24. The maximum atomic E-state index is 4.50. The van der Waals surface area contributed by atoms with Gasteiger partial charge in [-0.05, 0) is 12.1 Å². The zero-order valence-electron chi connectivity index (χ0n) is 8.18. The van der Waals surface area contributed by atoms with Crippen molar-refractivity contribution in [3.05, 3.63) is 42.6 Å². The van der Waals surface area contributed by atoms with Gasteiger partial charge in [0.05, 0.1) is 17.4 Å². The van der Waals surface area contributed by atoms with E-state index in [4.69, 9.17) is 0 Å². The van der Waals surface area contributed by atoms with Gasteiger partial charge >= 0.3 is 0 Å². The summed E-state index contributed by atoms with van der Waals surface area (Å²) >= 11 is 0. The molecular weight excluding hydrogens is 252 g/mol. The van der Waals surface area contributed by atoms with Crippen molar-refractivity contribution in [2.75, 3.05) is 0 Å². The molecule has 2 heterocycles. The van der Waals surface area contributed by atoms with Crippen molar-refractivity contribution in [3.8, 4) is 11.4 Å². The van der Waals surface area contributed by atoms with Gasteiger partial charge in [0.15, 0.2) is 0 Å². The predicted octanol–water partition coefficient (Wildman–Crippen LogP) is 2.02. The first-order valence-corrected chi connectivity index (χ1v) is 4.65. The monoisotopic (exact) mass is 259 g/mol. The molecule has 4 nitrogen and oxygen atoms in total. The molecule has 2 aromatic heterocycles. The topological polar surface area (TPSA) is 54.5 Å². The summed E-state index contributed by atoms with van der Waals surface area (Å²) in [6, 6.07) is 12.0. The number of nitrogens with one attached hydrogen (secondary N) is 1. The predicted molar refractivity (Wildman–Crippen MR) is 57.1 cm³/mol. The van der Waals surface area contributed by atoms with Crippen molar-refractivity contribution in [2.45, 2.75) is 0 Å². The number of rotatable bonds is 1. The van der Waals surface area contributed by atoms with Crippen LogP contribution in [0.3, 0.4) is 0 Å². The van der Waals surface area contributed by atoms with Crippen molar-refractivity contribution in [1.82, 2.24) is 20.4 Å². The molecule has 3 rings (SSSR count). The third-order valence-corrected chi connectivity index (χ3v) is 2.28. The van der Waals surface area contributed by atoms with Crippen LogP contribution in [-0.4, -0.2) is 20.4 Å². The van der Waals surface area contributed by atoms with E-state index in [0.717, 1.165) is 22.3 Å². The number of aromatic nitrogens is 4. The van der Waals surface area contributed by atoms with Crippen LogP contribution >= 0.6 is 0 Å². The molecule has 0 fully saturated rings. The number of hydrogen-bond donors (Lipinski definition) is 1. The molecule has 0 spiro atoms. The van der Waals surface area contributed by atoms with Gasteiger partial charge in [-0.3, -0.25) is 0 Å². The summed E-state index contributed by atoms with van der Waals surface area (Å²) in [6.07, 6.45) is 1.66. The van der Waals surface area contributed by atoms with E-state index >= 15 is 0 Å². The first-order chi connectivity index (χ1) is 7.43. The zero-order chi connectivity index (χ0) is 10.1. The summed E-state index contributed by atoms with van der Waals surface area (Å²) in [6.45, 7) is 0.